The summed E-state index contributed by atoms with van der Waals surface area (Å²) in [4.78, 5) is 0. The zero-order chi connectivity index (χ0) is 19.7. The van der Waals surface area contributed by atoms with Crippen molar-refractivity contribution in [3.63, 3.8) is 0 Å². The zero-order valence-electron chi connectivity index (χ0n) is 17.5. The minimum Gasteiger partial charge on any atom is -0.396 e. The van der Waals surface area contributed by atoms with Gasteiger partial charge in [0.05, 0.1) is 12.7 Å². The van der Waals surface area contributed by atoms with Crippen molar-refractivity contribution < 1.29 is 20.4 Å². The van der Waals surface area contributed by atoms with Crippen LogP contribution >= 0.6 is 0 Å². The van der Waals surface area contributed by atoms with Crippen LogP contribution in [0.25, 0.3) is 0 Å². The predicted octanol–water partition coefficient (Wildman–Crippen LogP) is 4.96. The van der Waals surface area contributed by atoms with Gasteiger partial charge in [0.25, 0.3) is 0 Å². The van der Waals surface area contributed by atoms with E-state index in [1.807, 2.05) is 0 Å². The lowest BCUT2D eigenvalue weighted by atomic mass is 10.1. The van der Waals surface area contributed by atoms with Crippen molar-refractivity contribution in [3.05, 3.63) is 0 Å². The number of hydrogen-bond acceptors (Lipinski definition) is 4. The first-order valence-electron chi connectivity index (χ1n) is 11.2. The van der Waals surface area contributed by atoms with Gasteiger partial charge in [0.15, 0.2) is 0 Å². The summed E-state index contributed by atoms with van der Waals surface area (Å²) in [6, 6.07) is 0. The fraction of sp³-hybridized carbons (Fsp3) is 1.00. The average Bonchev–Trinajstić information content (AvgIpc) is 2.66. The molecule has 0 saturated heterocycles. The van der Waals surface area contributed by atoms with Crippen LogP contribution in [-0.4, -0.2) is 46.4 Å². The second kappa shape index (κ2) is 27.1. The fourth-order valence-corrected chi connectivity index (χ4v) is 2.89. The van der Waals surface area contributed by atoms with Crippen molar-refractivity contribution >= 4 is 0 Å². The Hall–Kier alpha value is -0.160. The second-order valence-electron chi connectivity index (χ2n) is 7.38. The van der Waals surface area contributed by atoms with Gasteiger partial charge in [-0.15, -0.1) is 0 Å². The molecule has 0 aliphatic carbocycles. The van der Waals surface area contributed by atoms with E-state index in [2.05, 4.69) is 6.92 Å². The zero-order valence-corrected chi connectivity index (χ0v) is 17.5. The van der Waals surface area contributed by atoms with Crippen molar-refractivity contribution in [1.29, 1.82) is 0 Å². The summed E-state index contributed by atoms with van der Waals surface area (Å²) >= 11 is 0. The van der Waals surface area contributed by atoms with Crippen molar-refractivity contribution in [2.75, 3.05) is 19.8 Å². The summed E-state index contributed by atoms with van der Waals surface area (Å²) in [6.45, 7) is 2.81. The van der Waals surface area contributed by atoms with Gasteiger partial charge in [0.2, 0.25) is 0 Å². The maximum absolute atomic E-state index is 9.01. The van der Waals surface area contributed by atoms with Gasteiger partial charge in [0, 0.05) is 13.2 Å². The van der Waals surface area contributed by atoms with Gasteiger partial charge in [0.1, 0.15) is 0 Å². The Bertz CT molecular complexity index is 212. The van der Waals surface area contributed by atoms with Crippen molar-refractivity contribution in [2.24, 2.45) is 0 Å². The normalized spacial score (nSPS) is 11.9. The monoisotopic (exact) mass is 376 g/mol. The third-order valence-electron chi connectivity index (χ3n) is 4.67. The maximum atomic E-state index is 9.01. The highest BCUT2D eigenvalue weighted by Gasteiger charge is 2.00. The third-order valence-corrected chi connectivity index (χ3v) is 4.67. The van der Waals surface area contributed by atoms with E-state index in [1.165, 1.54) is 83.5 Å². The van der Waals surface area contributed by atoms with Gasteiger partial charge < -0.3 is 20.4 Å². The van der Waals surface area contributed by atoms with Crippen LogP contribution in [0.3, 0.4) is 0 Å². The van der Waals surface area contributed by atoms with E-state index in [1.54, 1.807) is 0 Å². The molecule has 160 valence electrons. The highest BCUT2D eigenvalue weighted by atomic mass is 16.3. The molecule has 1 atom stereocenters. The predicted molar refractivity (Wildman–Crippen MR) is 111 cm³/mol. The van der Waals surface area contributed by atoms with Crippen LogP contribution in [0.5, 0.6) is 0 Å². The number of rotatable bonds is 19. The number of unbranched alkanes of at least 4 members (excludes halogenated alkanes) is 14. The van der Waals surface area contributed by atoms with Crippen molar-refractivity contribution in [3.8, 4) is 0 Å². The Labute approximate surface area is 163 Å². The van der Waals surface area contributed by atoms with E-state index in [-0.39, 0.29) is 6.61 Å². The lowest BCUT2D eigenvalue weighted by Gasteiger charge is -2.05. The van der Waals surface area contributed by atoms with E-state index in [4.69, 9.17) is 20.4 Å². The van der Waals surface area contributed by atoms with Crippen LogP contribution in [0.4, 0.5) is 0 Å². The molecule has 0 aromatic carbocycles. The lowest BCUT2D eigenvalue weighted by molar-refractivity contribution is 0.0860. The van der Waals surface area contributed by atoms with Crippen molar-refractivity contribution in [2.45, 2.75) is 122 Å². The molecule has 0 heterocycles. The summed E-state index contributed by atoms with van der Waals surface area (Å²) in [5.41, 5.74) is 0. The molecule has 0 saturated carbocycles. The first-order valence-corrected chi connectivity index (χ1v) is 11.2. The second-order valence-corrected chi connectivity index (χ2v) is 7.38. The Kier molecular flexibility index (Phi) is 29.2. The first-order chi connectivity index (χ1) is 12.7. The molecule has 4 N–H and O–H groups in total. The molecule has 0 bridgehead atoms. The van der Waals surface area contributed by atoms with Gasteiger partial charge in [-0.3, -0.25) is 0 Å². The maximum Gasteiger partial charge on any atom is 0.0770 e. The van der Waals surface area contributed by atoms with Crippen LogP contribution in [0, 0.1) is 0 Å². The van der Waals surface area contributed by atoms with Crippen LogP contribution in [0.1, 0.15) is 116 Å². The Balaban J connectivity index is 0. The minimum absolute atomic E-state index is 0.0883. The standard InChI is InChI=1S/C12H26O2.C10H22O2/c13-11-9-7-5-3-1-2-4-6-8-10-12-14;1-2-3-4-5-6-7-8-10(12)9-11/h13-14H,1-12H2;10-12H,2-9H2,1H3. The summed E-state index contributed by atoms with van der Waals surface area (Å²) in [5, 5.41) is 34.7. The molecule has 4 nitrogen and oxygen atoms in total. The minimum atomic E-state index is -0.490. The molecule has 26 heavy (non-hydrogen) atoms. The van der Waals surface area contributed by atoms with Gasteiger partial charge in [-0.1, -0.05) is 96.8 Å². The van der Waals surface area contributed by atoms with E-state index in [9.17, 15) is 0 Å². The number of hydrogen-bond donors (Lipinski definition) is 4. The first kappa shape index (κ1) is 28.1. The van der Waals surface area contributed by atoms with Gasteiger partial charge in [-0.2, -0.15) is 0 Å². The smallest absolute Gasteiger partial charge is 0.0770 e. The summed E-state index contributed by atoms with van der Waals surface area (Å²) in [5.74, 6) is 0. The van der Waals surface area contributed by atoms with Crippen LogP contribution in [0.2, 0.25) is 0 Å². The van der Waals surface area contributed by atoms with E-state index < -0.39 is 6.10 Å². The Morgan fingerprint density at radius 3 is 1.19 bits per heavy atom. The fourth-order valence-electron chi connectivity index (χ4n) is 2.89. The molecular formula is C22H48O4. The highest BCUT2D eigenvalue weighted by molar-refractivity contribution is 4.53. The molecule has 0 aliphatic rings. The topological polar surface area (TPSA) is 80.9 Å². The highest BCUT2D eigenvalue weighted by Crippen LogP contribution is 2.10. The number of aliphatic hydroxyl groups excluding tert-OH is 4. The van der Waals surface area contributed by atoms with E-state index in [0.717, 1.165) is 25.7 Å². The molecule has 0 aliphatic heterocycles. The molecule has 0 spiro atoms. The SMILES string of the molecule is CCCCCCCCC(O)CO.OCCCCCCCCCCCCO. The van der Waals surface area contributed by atoms with Crippen LogP contribution in [0.15, 0.2) is 0 Å². The number of aliphatic hydroxyl groups is 4. The summed E-state index contributed by atoms with van der Waals surface area (Å²) in [6.07, 6.45) is 19.8. The molecule has 0 amide bonds. The molecule has 0 radical (unpaired) electrons. The van der Waals surface area contributed by atoms with Gasteiger partial charge >= 0.3 is 0 Å². The largest absolute Gasteiger partial charge is 0.396 e. The third kappa shape index (κ3) is 28.6. The lowest BCUT2D eigenvalue weighted by Crippen LogP contribution is -2.10. The molecule has 0 aromatic rings. The molecule has 0 fully saturated rings. The van der Waals surface area contributed by atoms with Crippen molar-refractivity contribution in [1.82, 2.24) is 0 Å². The van der Waals surface area contributed by atoms with Gasteiger partial charge in [-0.25, -0.2) is 0 Å². The van der Waals surface area contributed by atoms with Gasteiger partial charge in [-0.05, 0) is 19.3 Å². The summed E-state index contributed by atoms with van der Waals surface area (Å²) < 4.78 is 0. The average molecular weight is 377 g/mol. The Morgan fingerprint density at radius 1 is 0.500 bits per heavy atom. The van der Waals surface area contributed by atoms with Crippen LogP contribution < -0.4 is 0 Å². The van der Waals surface area contributed by atoms with E-state index in [0.29, 0.717) is 13.2 Å². The molecule has 0 aromatic heterocycles. The summed E-state index contributed by atoms with van der Waals surface area (Å²) in [7, 11) is 0. The van der Waals surface area contributed by atoms with Crippen LogP contribution in [-0.2, 0) is 0 Å². The Morgan fingerprint density at radius 2 is 0.846 bits per heavy atom. The quantitative estimate of drug-likeness (QED) is 0.240. The van der Waals surface area contributed by atoms with E-state index >= 15 is 0 Å². The molecular weight excluding hydrogens is 328 g/mol. The molecule has 0 rings (SSSR count). The molecule has 4 heteroatoms. The molecule has 1 unspecified atom stereocenters.